The van der Waals surface area contributed by atoms with E-state index in [0.29, 0.717) is 0 Å². The van der Waals surface area contributed by atoms with Crippen molar-refractivity contribution in [2.24, 2.45) is 0 Å². The van der Waals surface area contributed by atoms with Crippen molar-refractivity contribution in [1.82, 2.24) is 9.88 Å². The molecule has 13 heavy (non-hydrogen) atoms. The van der Waals surface area contributed by atoms with E-state index in [1.165, 1.54) is 0 Å². The van der Waals surface area contributed by atoms with Gasteiger partial charge in [-0.3, -0.25) is 4.90 Å². The summed E-state index contributed by atoms with van der Waals surface area (Å²) >= 11 is 1.64. The molecule has 0 aliphatic heterocycles. The molecule has 0 aromatic carbocycles. The third-order valence-electron chi connectivity index (χ3n) is 1.90. The third kappa shape index (κ3) is 2.79. The van der Waals surface area contributed by atoms with Crippen molar-refractivity contribution in [3.05, 3.63) is 16.1 Å². The van der Waals surface area contributed by atoms with Crippen LogP contribution in [0.15, 0.2) is 5.38 Å². The minimum atomic E-state index is -0.0517. The topological polar surface area (TPSA) is 39.9 Å². The molecule has 1 heterocycles. The van der Waals surface area contributed by atoms with Crippen molar-refractivity contribution < 1.29 is 0 Å². The zero-order valence-corrected chi connectivity index (χ0v) is 8.93. The average Bonchev–Trinajstić information content (AvgIpc) is 2.49. The summed E-state index contributed by atoms with van der Waals surface area (Å²) in [4.78, 5) is 6.32. The molecular formula is C9H13N3S. The molecule has 1 aromatic heterocycles. The molecule has 0 aliphatic carbocycles. The van der Waals surface area contributed by atoms with Crippen LogP contribution in [-0.4, -0.2) is 23.0 Å². The van der Waals surface area contributed by atoms with Crippen LogP contribution in [0.3, 0.4) is 0 Å². The van der Waals surface area contributed by atoms with Gasteiger partial charge in [-0.05, 0) is 20.9 Å². The van der Waals surface area contributed by atoms with Crippen LogP contribution < -0.4 is 0 Å². The molecule has 0 N–H and O–H groups in total. The summed E-state index contributed by atoms with van der Waals surface area (Å²) in [6.07, 6.45) is 0. The second-order valence-corrected chi connectivity index (χ2v) is 4.05. The molecular weight excluding hydrogens is 182 g/mol. The molecule has 4 heteroatoms. The SMILES string of the molecule is Cc1csc(CN(C)C(C)C#N)n1. The molecule has 1 atom stereocenters. The fourth-order valence-corrected chi connectivity index (χ4v) is 1.76. The van der Waals surface area contributed by atoms with Crippen LogP contribution in [0.2, 0.25) is 0 Å². The summed E-state index contributed by atoms with van der Waals surface area (Å²) < 4.78 is 0. The van der Waals surface area contributed by atoms with Gasteiger partial charge >= 0.3 is 0 Å². The Balaban J connectivity index is 2.55. The molecule has 0 saturated carbocycles. The number of nitriles is 1. The highest BCUT2D eigenvalue weighted by atomic mass is 32.1. The Labute approximate surface area is 82.6 Å². The second kappa shape index (κ2) is 4.35. The maximum Gasteiger partial charge on any atom is 0.107 e. The molecule has 1 rings (SSSR count). The predicted octanol–water partition coefficient (Wildman–Crippen LogP) is 1.80. The molecule has 0 saturated heterocycles. The Bertz CT molecular complexity index is 313. The molecule has 0 radical (unpaired) electrons. The highest BCUT2D eigenvalue weighted by Crippen LogP contribution is 2.11. The number of thiazole rings is 1. The van der Waals surface area contributed by atoms with Crippen LogP contribution in [0, 0.1) is 18.3 Å². The van der Waals surface area contributed by atoms with Gasteiger partial charge in [-0.15, -0.1) is 11.3 Å². The first kappa shape index (κ1) is 10.2. The molecule has 3 nitrogen and oxygen atoms in total. The van der Waals surface area contributed by atoms with Crippen LogP contribution in [-0.2, 0) is 6.54 Å². The van der Waals surface area contributed by atoms with Gasteiger partial charge in [0, 0.05) is 11.1 Å². The zero-order valence-electron chi connectivity index (χ0n) is 8.11. The largest absolute Gasteiger partial charge is 0.285 e. The number of aryl methyl sites for hydroxylation is 1. The Morgan fingerprint density at radius 1 is 1.77 bits per heavy atom. The Kier molecular flexibility index (Phi) is 3.40. The van der Waals surface area contributed by atoms with E-state index >= 15 is 0 Å². The predicted molar refractivity (Wildman–Crippen MR) is 53.4 cm³/mol. The van der Waals surface area contributed by atoms with Crippen LogP contribution in [0.5, 0.6) is 0 Å². The number of rotatable bonds is 3. The van der Waals surface area contributed by atoms with E-state index in [0.717, 1.165) is 17.2 Å². The quantitative estimate of drug-likeness (QED) is 0.738. The fourth-order valence-electron chi connectivity index (χ4n) is 0.924. The normalized spacial score (nSPS) is 12.8. The van der Waals surface area contributed by atoms with E-state index in [1.54, 1.807) is 11.3 Å². The summed E-state index contributed by atoms with van der Waals surface area (Å²) in [7, 11) is 1.94. The van der Waals surface area contributed by atoms with Gasteiger partial charge in [0.15, 0.2) is 0 Å². The Morgan fingerprint density at radius 2 is 2.46 bits per heavy atom. The minimum absolute atomic E-state index is 0.0517. The van der Waals surface area contributed by atoms with Gasteiger partial charge in [0.1, 0.15) is 5.01 Å². The van der Waals surface area contributed by atoms with Gasteiger partial charge in [0.05, 0.1) is 18.7 Å². The molecule has 1 aromatic rings. The first-order valence-corrected chi connectivity index (χ1v) is 5.02. The maximum absolute atomic E-state index is 8.68. The van der Waals surface area contributed by atoms with E-state index < -0.39 is 0 Å². The molecule has 0 aliphatic rings. The standard InChI is InChI=1S/C9H13N3S/c1-7-6-13-9(11-7)5-12(3)8(2)4-10/h6,8H,5H2,1-3H3. The lowest BCUT2D eigenvalue weighted by Crippen LogP contribution is -2.26. The highest BCUT2D eigenvalue weighted by Gasteiger charge is 2.09. The summed E-state index contributed by atoms with van der Waals surface area (Å²) in [5.74, 6) is 0. The van der Waals surface area contributed by atoms with Crippen LogP contribution in [0.25, 0.3) is 0 Å². The zero-order chi connectivity index (χ0) is 9.84. The Morgan fingerprint density at radius 3 is 2.92 bits per heavy atom. The summed E-state index contributed by atoms with van der Waals surface area (Å²) in [6.45, 7) is 4.63. The van der Waals surface area contributed by atoms with E-state index in [4.69, 9.17) is 5.26 Å². The van der Waals surface area contributed by atoms with E-state index in [-0.39, 0.29) is 6.04 Å². The summed E-state index contributed by atoms with van der Waals surface area (Å²) in [5.41, 5.74) is 1.05. The van der Waals surface area contributed by atoms with Crippen LogP contribution in [0.1, 0.15) is 17.6 Å². The second-order valence-electron chi connectivity index (χ2n) is 3.10. The van der Waals surface area contributed by atoms with Gasteiger partial charge in [0.25, 0.3) is 0 Å². The van der Waals surface area contributed by atoms with Gasteiger partial charge in [-0.2, -0.15) is 5.26 Å². The van der Waals surface area contributed by atoms with Crippen molar-refractivity contribution in [1.29, 1.82) is 5.26 Å². The lowest BCUT2D eigenvalue weighted by molar-refractivity contribution is 0.294. The summed E-state index contributed by atoms with van der Waals surface area (Å²) in [6, 6.07) is 2.14. The molecule has 0 fully saturated rings. The van der Waals surface area contributed by atoms with Crippen LogP contribution >= 0.6 is 11.3 Å². The highest BCUT2D eigenvalue weighted by molar-refractivity contribution is 7.09. The lowest BCUT2D eigenvalue weighted by atomic mass is 10.3. The monoisotopic (exact) mass is 195 g/mol. The van der Waals surface area contributed by atoms with Crippen LogP contribution in [0.4, 0.5) is 0 Å². The van der Waals surface area contributed by atoms with Gasteiger partial charge in [0.2, 0.25) is 0 Å². The number of hydrogen-bond donors (Lipinski definition) is 0. The smallest absolute Gasteiger partial charge is 0.107 e. The fraction of sp³-hybridized carbons (Fsp3) is 0.556. The van der Waals surface area contributed by atoms with E-state index in [9.17, 15) is 0 Å². The van der Waals surface area contributed by atoms with Crippen molar-refractivity contribution in [3.8, 4) is 6.07 Å². The first-order valence-electron chi connectivity index (χ1n) is 4.14. The number of hydrogen-bond acceptors (Lipinski definition) is 4. The molecule has 0 amide bonds. The molecule has 0 spiro atoms. The van der Waals surface area contributed by atoms with Crippen molar-refractivity contribution in [3.63, 3.8) is 0 Å². The molecule has 1 unspecified atom stereocenters. The summed E-state index contributed by atoms with van der Waals surface area (Å²) in [5, 5.41) is 11.8. The van der Waals surface area contributed by atoms with Gasteiger partial charge < -0.3 is 0 Å². The number of aromatic nitrogens is 1. The average molecular weight is 195 g/mol. The third-order valence-corrected chi connectivity index (χ3v) is 2.85. The van der Waals surface area contributed by atoms with Gasteiger partial charge in [-0.25, -0.2) is 4.98 Å². The van der Waals surface area contributed by atoms with Crippen molar-refractivity contribution in [2.75, 3.05) is 7.05 Å². The van der Waals surface area contributed by atoms with Crippen molar-refractivity contribution in [2.45, 2.75) is 26.4 Å². The minimum Gasteiger partial charge on any atom is -0.285 e. The van der Waals surface area contributed by atoms with Gasteiger partial charge in [-0.1, -0.05) is 0 Å². The first-order chi connectivity index (χ1) is 6.13. The van der Waals surface area contributed by atoms with E-state index in [2.05, 4.69) is 11.1 Å². The number of nitrogens with zero attached hydrogens (tertiary/aromatic N) is 3. The lowest BCUT2D eigenvalue weighted by Gasteiger charge is -2.16. The molecule has 70 valence electrons. The van der Waals surface area contributed by atoms with E-state index in [1.807, 2.05) is 31.2 Å². The maximum atomic E-state index is 8.68. The molecule has 0 bridgehead atoms. The Hall–Kier alpha value is -0.920. The van der Waals surface area contributed by atoms with Crippen molar-refractivity contribution >= 4 is 11.3 Å².